The molecule has 6 nitrogen and oxygen atoms in total. The molecule has 0 amide bonds. The molecule has 27 heavy (non-hydrogen) atoms. The maximum Gasteiger partial charge on any atom is 0.305 e. The second-order valence-corrected chi connectivity index (χ2v) is 6.80. The molecule has 0 radical (unpaired) electrons. The van der Waals surface area contributed by atoms with Gasteiger partial charge in [0.2, 0.25) is 0 Å². The second kappa shape index (κ2) is 8.31. The molecule has 0 bridgehead atoms. The number of non-ortho nitro benzene ring substituents is 1. The van der Waals surface area contributed by atoms with Crippen LogP contribution in [0.5, 0.6) is 0 Å². The summed E-state index contributed by atoms with van der Waals surface area (Å²) < 4.78 is 4.96. The summed E-state index contributed by atoms with van der Waals surface area (Å²) in [6.45, 7) is 2.16. The molecule has 2 atom stereocenters. The summed E-state index contributed by atoms with van der Waals surface area (Å²) in [4.78, 5) is 21.9. The van der Waals surface area contributed by atoms with Crippen molar-refractivity contribution in [2.45, 2.75) is 38.7 Å². The number of benzene rings is 2. The molecular formula is C21H23NO5. The molecule has 6 heteroatoms. The number of nitro benzene ring substituents is 1. The fourth-order valence-electron chi connectivity index (χ4n) is 3.66. The van der Waals surface area contributed by atoms with Gasteiger partial charge in [0.25, 0.3) is 5.69 Å². The van der Waals surface area contributed by atoms with Crippen molar-refractivity contribution in [2.75, 3.05) is 6.61 Å². The highest BCUT2D eigenvalue weighted by molar-refractivity contribution is 5.69. The number of aryl methyl sites for hydroxylation is 1. The molecule has 0 saturated heterocycles. The minimum atomic E-state index is -0.589. The molecule has 2 aromatic carbocycles. The van der Waals surface area contributed by atoms with Crippen molar-refractivity contribution in [3.63, 3.8) is 0 Å². The van der Waals surface area contributed by atoms with Crippen LogP contribution in [0.1, 0.15) is 43.4 Å². The van der Waals surface area contributed by atoms with Gasteiger partial charge < -0.3 is 9.84 Å². The van der Waals surface area contributed by atoms with E-state index in [0.29, 0.717) is 19.4 Å². The Morgan fingerprint density at radius 3 is 2.59 bits per heavy atom. The van der Waals surface area contributed by atoms with Crippen LogP contribution in [0.3, 0.4) is 0 Å². The van der Waals surface area contributed by atoms with E-state index in [1.54, 1.807) is 19.1 Å². The van der Waals surface area contributed by atoms with E-state index in [0.717, 1.165) is 35.1 Å². The Morgan fingerprint density at radius 2 is 1.93 bits per heavy atom. The summed E-state index contributed by atoms with van der Waals surface area (Å²) in [5.41, 5.74) is 3.94. The molecule has 0 aliphatic heterocycles. The van der Waals surface area contributed by atoms with E-state index in [1.165, 1.54) is 12.1 Å². The molecule has 3 rings (SSSR count). The van der Waals surface area contributed by atoms with Crippen molar-refractivity contribution in [3.8, 4) is 11.1 Å². The highest BCUT2D eigenvalue weighted by Crippen LogP contribution is 2.38. The van der Waals surface area contributed by atoms with Crippen molar-refractivity contribution in [1.82, 2.24) is 0 Å². The predicted octanol–water partition coefficient (Wildman–Crippen LogP) is 4.20. The van der Waals surface area contributed by atoms with Crippen LogP contribution in [-0.4, -0.2) is 22.6 Å². The fourth-order valence-corrected chi connectivity index (χ4v) is 3.66. The third kappa shape index (κ3) is 4.34. The van der Waals surface area contributed by atoms with E-state index in [2.05, 4.69) is 0 Å². The average Bonchev–Trinajstić information content (AvgIpc) is 2.67. The lowest BCUT2D eigenvalue weighted by Gasteiger charge is -2.30. The van der Waals surface area contributed by atoms with Crippen LogP contribution in [-0.2, 0) is 16.0 Å². The Bertz CT molecular complexity index is 831. The Labute approximate surface area is 157 Å². The number of ether oxygens (including phenoxy) is 1. The molecule has 0 saturated carbocycles. The number of carbonyl (C=O) groups is 1. The van der Waals surface area contributed by atoms with Crippen LogP contribution in [0.15, 0.2) is 42.5 Å². The van der Waals surface area contributed by atoms with Gasteiger partial charge in [0.05, 0.1) is 17.6 Å². The number of hydrogen-bond acceptors (Lipinski definition) is 5. The maximum atomic E-state index is 11.6. The lowest BCUT2D eigenvalue weighted by Crippen LogP contribution is -2.21. The van der Waals surface area contributed by atoms with Gasteiger partial charge in [-0.05, 0) is 66.5 Å². The number of aliphatic hydroxyl groups is 1. The zero-order valence-electron chi connectivity index (χ0n) is 15.3. The quantitative estimate of drug-likeness (QED) is 0.468. The van der Waals surface area contributed by atoms with Gasteiger partial charge >= 0.3 is 5.97 Å². The smallest absolute Gasteiger partial charge is 0.305 e. The van der Waals surface area contributed by atoms with Gasteiger partial charge in [-0.15, -0.1) is 0 Å². The van der Waals surface area contributed by atoms with Gasteiger partial charge in [0, 0.05) is 18.6 Å². The van der Waals surface area contributed by atoms with Crippen LogP contribution in [0.25, 0.3) is 11.1 Å². The number of aliphatic hydroxyl groups excluding tert-OH is 1. The fraction of sp³-hybridized carbons (Fsp3) is 0.381. The third-order valence-electron chi connectivity index (χ3n) is 5.13. The first-order valence-corrected chi connectivity index (χ1v) is 9.21. The average molecular weight is 369 g/mol. The summed E-state index contributed by atoms with van der Waals surface area (Å²) in [5.74, 6) is -0.170. The summed E-state index contributed by atoms with van der Waals surface area (Å²) in [5, 5.41) is 21.5. The number of esters is 1. The maximum absolute atomic E-state index is 11.6. The Hall–Kier alpha value is -2.73. The molecule has 0 aromatic heterocycles. The van der Waals surface area contributed by atoms with E-state index in [1.807, 2.05) is 18.2 Å². The van der Waals surface area contributed by atoms with E-state index < -0.39 is 11.0 Å². The molecule has 2 aromatic rings. The first-order valence-electron chi connectivity index (χ1n) is 9.21. The van der Waals surface area contributed by atoms with Gasteiger partial charge in [-0.3, -0.25) is 14.9 Å². The van der Waals surface area contributed by atoms with Crippen molar-refractivity contribution in [1.29, 1.82) is 0 Å². The summed E-state index contributed by atoms with van der Waals surface area (Å²) in [6, 6.07) is 12.4. The van der Waals surface area contributed by atoms with E-state index >= 15 is 0 Å². The van der Waals surface area contributed by atoms with Crippen molar-refractivity contribution in [2.24, 2.45) is 5.92 Å². The molecule has 1 aliphatic carbocycles. The van der Waals surface area contributed by atoms with Crippen LogP contribution >= 0.6 is 0 Å². The number of rotatable bonds is 6. The van der Waals surface area contributed by atoms with Crippen molar-refractivity contribution < 1.29 is 19.6 Å². The topological polar surface area (TPSA) is 89.7 Å². The zero-order chi connectivity index (χ0) is 19.4. The second-order valence-electron chi connectivity index (χ2n) is 6.80. The third-order valence-corrected chi connectivity index (χ3v) is 5.13. The SMILES string of the molecule is CCOC(=O)CCC1CCc2cc(-c3ccc([N+](=O)[O-])cc3)ccc2C1O. The summed E-state index contributed by atoms with van der Waals surface area (Å²) in [7, 11) is 0. The van der Waals surface area contributed by atoms with Crippen LogP contribution in [0, 0.1) is 16.0 Å². The van der Waals surface area contributed by atoms with Gasteiger partial charge in [0.15, 0.2) is 0 Å². The summed E-state index contributed by atoms with van der Waals surface area (Å²) in [6.07, 6.45) is 2.00. The van der Waals surface area contributed by atoms with Crippen LogP contribution in [0.2, 0.25) is 0 Å². The van der Waals surface area contributed by atoms with Gasteiger partial charge in [0.1, 0.15) is 0 Å². The molecular weight excluding hydrogens is 346 g/mol. The Morgan fingerprint density at radius 1 is 1.22 bits per heavy atom. The normalized spacial score (nSPS) is 18.6. The highest BCUT2D eigenvalue weighted by atomic mass is 16.6. The first kappa shape index (κ1) is 19.0. The number of nitro groups is 1. The number of nitrogens with zero attached hydrogens (tertiary/aromatic N) is 1. The molecule has 1 N–H and O–H groups in total. The highest BCUT2D eigenvalue weighted by Gasteiger charge is 2.28. The first-order chi connectivity index (χ1) is 13.0. The monoisotopic (exact) mass is 369 g/mol. The summed E-state index contributed by atoms with van der Waals surface area (Å²) >= 11 is 0. The lowest BCUT2D eigenvalue weighted by atomic mass is 9.78. The van der Waals surface area contributed by atoms with Crippen molar-refractivity contribution in [3.05, 3.63) is 63.7 Å². The van der Waals surface area contributed by atoms with Gasteiger partial charge in [-0.1, -0.05) is 18.2 Å². The minimum absolute atomic E-state index is 0.0483. The van der Waals surface area contributed by atoms with E-state index in [-0.39, 0.29) is 17.6 Å². The standard InChI is InChI=1S/C21H23NO5/c1-2-27-20(23)12-8-15-3-4-17-13-16(7-11-19(17)21(15)24)14-5-9-18(10-6-14)22(25)26/h5-7,9-11,13,15,21,24H,2-4,8,12H2,1H3. The molecule has 142 valence electrons. The van der Waals surface area contributed by atoms with E-state index in [9.17, 15) is 20.0 Å². The molecule has 0 fully saturated rings. The number of fused-ring (bicyclic) bond motifs is 1. The predicted molar refractivity (Wildman–Crippen MR) is 101 cm³/mol. The molecule has 0 heterocycles. The molecule has 2 unspecified atom stereocenters. The van der Waals surface area contributed by atoms with Gasteiger partial charge in [-0.25, -0.2) is 0 Å². The minimum Gasteiger partial charge on any atom is -0.466 e. The Balaban J connectivity index is 1.73. The number of hydrogen-bond donors (Lipinski definition) is 1. The van der Waals surface area contributed by atoms with Crippen molar-refractivity contribution >= 4 is 11.7 Å². The molecule has 0 spiro atoms. The Kier molecular flexibility index (Phi) is 5.86. The van der Waals surface area contributed by atoms with Crippen LogP contribution in [0.4, 0.5) is 5.69 Å². The van der Waals surface area contributed by atoms with Gasteiger partial charge in [-0.2, -0.15) is 0 Å². The largest absolute Gasteiger partial charge is 0.466 e. The lowest BCUT2D eigenvalue weighted by molar-refractivity contribution is -0.384. The number of carbonyl (C=O) groups excluding carboxylic acids is 1. The van der Waals surface area contributed by atoms with E-state index in [4.69, 9.17) is 4.74 Å². The molecule has 1 aliphatic rings. The van der Waals surface area contributed by atoms with Crippen LogP contribution < -0.4 is 0 Å². The zero-order valence-corrected chi connectivity index (χ0v) is 15.3.